The Morgan fingerprint density at radius 1 is 1.35 bits per heavy atom. The number of hydrogen-bond acceptors (Lipinski definition) is 4. The van der Waals surface area contributed by atoms with Crippen molar-refractivity contribution < 1.29 is 19.1 Å². The second-order valence-electron chi connectivity index (χ2n) is 4.27. The molecule has 1 atom stereocenters. The predicted octanol–water partition coefficient (Wildman–Crippen LogP) is 2.25. The molecule has 0 aliphatic heterocycles. The number of ether oxygens (including phenoxy) is 2. The van der Waals surface area contributed by atoms with Gasteiger partial charge in [0.15, 0.2) is 5.78 Å². The van der Waals surface area contributed by atoms with Crippen LogP contribution in [-0.2, 0) is 19.1 Å². The normalized spacial score (nSPS) is 13.0. The minimum atomic E-state index is -0.610. The van der Waals surface area contributed by atoms with Gasteiger partial charge in [0.1, 0.15) is 12.7 Å². The molecule has 5 heteroatoms. The van der Waals surface area contributed by atoms with Crippen LogP contribution < -0.4 is 0 Å². The van der Waals surface area contributed by atoms with Gasteiger partial charge in [0.2, 0.25) is 0 Å². The molecule has 0 saturated carbocycles. The number of carbonyl (C=O) groups excluding carboxylic acids is 2. The average molecular weight is 307 g/mol. The van der Waals surface area contributed by atoms with Crippen LogP contribution in [0.4, 0.5) is 0 Å². The SMILES string of the molecule is C=C(C)C(=O)OCCO[C@H](C)C(=O)C(C)(C)Br. The van der Waals surface area contributed by atoms with Crippen LogP contribution in [-0.4, -0.2) is 35.4 Å². The second-order valence-corrected chi connectivity index (χ2v) is 6.25. The maximum Gasteiger partial charge on any atom is 0.333 e. The number of halogens is 1. The fourth-order valence-corrected chi connectivity index (χ4v) is 1.36. The monoisotopic (exact) mass is 306 g/mol. The molecule has 4 nitrogen and oxygen atoms in total. The van der Waals surface area contributed by atoms with Gasteiger partial charge in [-0.15, -0.1) is 0 Å². The zero-order valence-electron chi connectivity index (χ0n) is 10.7. The van der Waals surface area contributed by atoms with Gasteiger partial charge in [0.05, 0.1) is 10.9 Å². The van der Waals surface area contributed by atoms with E-state index in [1.54, 1.807) is 27.7 Å². The van der Waals surface area contributed by atoms with E-state index in [4.69, 9.17) is 9.47 Å². The van der Waals surface area contributed by atoms with Crippen molar-refractivity contribution in [3.63, 3.8) is 0 Å². The summed E-state index contributed by atoms with van der Waals surface area (Å²) in [5.41, 5.74) is 0.343. The van der Waals surface area contributed by atoms with Crippen molar-refractivity contribution >= 4 is 27.7 Å². The summed E-state index contributed by atoms with van der Waals surface area (Å²) in [6.07, 6.45) is -0.534. The largest absolute Gasteiger partial charge is 0.460 e. The Hall–Kier alpha value is -0.680. The lowest BCUT2D eigenvalue weighted by Crippen LogP contribution is -2.35. The lowest BCUT2D eigenvalue weighted by Gasteiger charge is -2.20. The molecule has 0 unspecified atom stereocenters. The van der Waals surface area contributed by atoms with Gasteiger partial charge in [-0.05, 0) is 27.7 Å². The van der Waals surface area contributed by atoms with Gasteiger partial charge in [-0.25, -0.2) is 4.79 Å². The van der Waals surface area contributed by atoms with Crippen molar-refractivity contribution in [1.29, 1.82) is 0 Å². The summed E-state index contributed by atoms with van der Waals surface area (Å²) in [5.74, 6) is -0.503. The minimum Gasteiger partial charge on any atom is -0.460 e. The highest BCUT2D eigenvalue weighted by molar-refractivity contribution is 9.10. The maximum absolute atomic E-state index is 11.7. The molecule has 0 aliphatic carbocycles. The Bertz CT molecular complexity index is 304. The third-order valence-electron chi connectivity index (χ3n) is 1.99. The van der Waals surface area contributed by atoms with Gasteiger partial charge in [-0.1, -0.05) is 22.5 Å². The molecule has 0 bridgehead atoms. The number of carbonyl (C=O) groups is 2. The smallest absolute Gasteiger partial charge is 0.333 e. The van der Waals surface area contributed by atoms with Crippen molar-refractivity contribution in [2.45, 2.75) is 38.1 Å². The Balaban J connectivity index is 3.87. The molecule has 0 aromatic carbocycles. The third-order valence-corrected chi connectivity index (χ3v) is 2.38. The molecule has 17 heavy (non-hydrogen) atoms. The van der Waals surface area contributed by atoms with Crippen LogP contribution in [0.2, 0.25) is 0 Å². The number of esters is 1. The summed E-state index contributed by atoms with van der Waals surface area (Å²) >= 11 is 3.27. The van der Waals surface area contributed by atoms with Gasteiger partial charge in [0.25, 0.3) is 0 Å². The Morgan fingerprint density at radius 3 is 2.29 bits per heavy atom. The fourth-order valence-electron chi connectivity index (χ4n) is 1.04. The summed E-state index contributed by atoms with van der Waals surface area (Å²) in [5, 5.41) is 0. The van der Waals surface area contributed by atoms with Crippen molar-refractivity contribution in [2.24, 2.45) is 0 Å². The first-order chi connectivity index (χ1) is 7.66. The first-order valence-corrected chi connectivity index (χ1v) is 6.13. The molecule has 98 valence electrons. The number of hydrogen-bond donors (Lipinski definition) is 0. The average Bonchev–Trinajstić information content (AvgIpc) is 2.20. The van der Waals surface area contributed by atoms with E-state index in [0.717, 1.165) is 0 Å². The van der Waals surface area contributed by atoms with E-state index in [1.807, 2.05) is 0 Å². The van der Waals surface area contributed by atoms with Crippen molar-refractivity contribution in [2.75, 3.05) is 13.2 Å². The highest BCUT2D eigenvalue weighted by Gasteiger charge is 2.28. The van der Waals surface area contributed by atoms with Crippen LogP contribution in [0.5, 0.6) is 0 Å². The number of rotatable bonds is 7. The number of alkyl halides is 1. The Morgan fingerprint density at radius 2 is 1.88 bits per heavy atom. The lowest BCUT2D eigenvalue weighted by atomic mass is 10.1. The summed E-state index contributed by atoms with van der Waals surface area (Å²) in [6, 6.07) is 0. The zero-order valence-corrected chi connectivity index (χ0v) is 12.3. The van der Waals surface area contributed by atoms with Crippen LogP contribution in [0, 0.1) is 0 Å². The topological polar surface area (TPSA) is 52.6 Å². The first kappa shape index (κ1) is 16.3. The number of Topliss-reactive ketones (excluding diaryl/α,β-unsaturated/α-hetero) is 1. The van der Waals surface area contributed by atoms with Gasteiger partial charge in [-0.3, -0.25) is 4.79 Å². The Labute approximate surface area is 110 Å². The molecule has 0 aromatic rings. The van der Waals surface area contributed by atoms with Gasteiger partial charge >= 0.3 is 5.97 Å². The summed E-state index contributed by atoms with van der Waals surface area (Å²) in [6.45, 7) is 10.5. The standard InChI is InChI=1S/C12H19BrO4/c1-8(2)11(15)17-7-6-16-9(3)10(14)12(4,5)13/h9H,1,6-7H2,2-5H3/t9-/m1/s1. The second kappa shape index (κ2) is 6.91. The van der Waals surface area contributed by atoms with Crippen LogP contribution in [0.3, 0.4) is 0 Å². The summed E-state index contributed by atoms with van der Waals surface area (Å²) in [4.78, 5) is 22.7. The quantitative estimate of drug-likeness (QED) is 0.313. The molecule has 0 heterocycles. The molecule has 0 radical (unpaired) electrons. The molecule has 0 saturated heterocycles. The summed E-state index contributed by atoms with van der Waals surface area (Å²) in [7, 11) is 0. The fraction of sp³-hybridized carbons (Fsp3) is 0.667. The van der Waals surface area contributed by atoms with Crippen LogP contribution in [0.15, 0.2) is 12.2 Å². The minimum absolute atomic E-state index is 0.0521. The molecule has 0 amide bonds. The highest BCUT2D eigenvalue weighted by Crippen LogP contribution is 2.19. The van der Waals surface area contributed by atoms with Crippen molar-refractivity contribution in [1.82, 2.24) is 0 Å². The zero-order chi connectivity index (χ0) is 13.6. The molecular formula is C12H19BrO4. The first-order valence-electron chi connectivity index (χ1n) is 5.33. The molecule has 0 rings (SSSR count). The van der Waals surface area contributed by atoms with Gasteiger partial charge in [-0.2, -0.15) is 0 Å². The van der Waals surface area contributed by atoms with Gasteiger partial charge in [0, 0.05) is 5.57 Å². The molecule has 0 fully saturated rings. The van der Waals surface area contributed by atoms with Crippen LogP contribution in [0.25, 0.3) is 0 Å². The van der Waals surface area contributed by atoms with E-state index in [-0.39, 0.29) is 19.0 Å². The van der Waals surface area contributed by atoms with Crippen LogP contribution >= 0.6 is 15.9 Å². The van der Waals surface area contributed by atoms with Crippen molar-refractivity contribution in [3.05, 3.63) is 12.2 Å². The highest BCUT2D eigenvalue weighted by atomic mass is 79.9. The molecular weight excluding hydrogens is 288 g/mol. The molecule has 0 spiro atoms. The molecule has 0 aromatic heterocycles. The van der Waals surface area contributed by atoms with E-state index < -0.39 is 16.4 Å². The molecule has 0 N–H and O–H groups in total. The predicted molar refractivity (Wildman–Crippen MR) is 69.2 cm³/mol. The van der Waals surface area contributed by atoms with Crippen molar-refractivity contribution in [3.8, 4) is 0 Å². The van der Waals surface area contributed by atoms with E-state index in [0.29, 0.717) is 5.57 Å². The van der Waals surface area contributed by atoms with E-state index in [2.05, 4.69) is 22.5 Å². The lowest BCUT2D eigenvalue weighted by molar-refractivity contribution is -0.142. The molecule has 0 aliphatic rings. The Kier molecular flexibility index (Phi) is 6.64. The summed E-state index contributed by atoms with van der Waals surface area (Å²) < 4.78 is 9.50. The van der Waals surface area contributed by atoms with Gasteiger partial charge < -0.3 is 9.47 Å². The van der Waals surface area contributed by atoms with Crippen LogP contribution in [0.1, 0.15) is 27.7 Å². The van der Waals surface area contributed by atoms with E-state index in [1.165, 1.54) is 0 Å². The third kappa shape index (κ3) is 6.58. The maximum atomic E-state index is 11.7. The van der Waals surface area contributed by atoms with E-state index >= 15 is 0 Å². The van der Waals surface area contributed by atoms with E-state index in [9.17, 15) is 9.59 Å². The number of ketones is 1.